The van der Waals surface area contributed by atoms with Crippen molar-refractivity contribution in [2.24, 2.45) is 0 Å². The lowest BCUT2D eigenvalue weighted by Gasteiger charge is -2.26. The minimum absolute atomic E-state index is 0.214. The molecule has 0 amide bonds. The highest BCUT2D eigenvalue weighted by Crippen LogP contribution is 2.33. The van der Waals surface area contributed by atoms with Gasteiger partial charge in [-0.25, -0.2) is 4.79 Å². The van der Waals surface area contributed by atoms with Gasteiger partial charge in [0.2, 0.25) is 0 Å². The molecule has 0 aliphatic carbocycles. The van der Waals surface area contributed by atoms with Gasteiger partial charge in [-0.2, -0.15) is 0 Å². The largest absolute Gasteiger partial charge is 0.508 e. The van der Waals surface area contributed by atoms with E-state index < -0.39 is 5.97 Å². The summed E-state index contributed by atoms with van der Waals surface area (Å²) in [5.74, 6) is 0.270. The predicted molar refractivity (Wildman–Crippen MR) is 82.5 cm³/mol. The van der Waals surface area contributed by atoms with Crippen LogP contribution in [0.15, 0.2) is 61.2 Å². The molecule has 0 unspecified atom stereocenters. The summed E-state index contributed by atoms with van der Waals surface area (Å²) in [7, 11) is 0. The highest BCUT2D eigenvalue weighted by atomic mass is 16.5. The molecule has 0 aromatic heterocycles. The van der Waals surface area contributed by atoms with Gasteiger partial charge in [0, 0.05) is 11.5 Å². The third-order valence-corrected chi connectivity index (χ3v) is 3.55. The molecule has 108 valence electrons. The van der Waals surface area contributed by atoms with Crippen molar-refractivity contribution in [1.29, 1.82) is 0 Å². The standard InChI is InChI=1S/C18H18O3/c1-4-17(20)21-16-11-7-14(8-12-16)18(2,3)13-5-9-15(19)10-6-13/h4-12,19H,1H2,2-3H3. The molecule has 0 fully saturated rings. The summed E-state index contributed by atoms with van der Waals surface area (Å²) in [6.07, 6.45) is 1.13. The van der Waals surface area contributed by atoms with Gasteiger partial charge in [-0.1, -0.05) is 44.7 Å². The molecule has 2 aromatic carbocycles. The molecule has 0 aliphatic rings. The lowest BCUT2D eigenvalue weighted by molar-refractivity contribution is -0.128. The first-order valence-electron chi connectivity index (χ1n) is 6.68. The van der Waals surface area contributed by atoms with Crippen LogP contribution in [-0.2, 0) is 10.2 Å². The van der Waals surface area contributed by atoms with Crippen LogP contribution in [0.25, 0.3) is 0 Å². The molecule has 0 radical (unpaired) electrons. The third-order valence-electron chi connectivity index (χ3n) is 3.55. The molecule has 0 atom stereocenters. The van der Waals surface area contributed by atoms with Gasteiger partial charge in [0.1, 0.15) is 11.5 Å². The van der Waals surface area contributed by atoms with Crippen molar-refractivity contribution in [2.75, 3.05) is 0 Å². The topological polar surface area (TPSA) is 46.5 Å². The normalized spacial score (nSPS) is 11.0. The van der Waals surface area contributed by atoms with E-state index in [-0.39, 0.29) is 11.2 Å². The smallest absolute Gasteiger partial charge is 0.335 e. The molecule has 0 spiro atoms. The monoisotopic (exact) mass is 282 g/mol. The predicted octanol–water partition coefficient (Wildman–Crippen LogP) is 3.81. The van der Waals surface area contributed by atoms with Gasteiger partial charge in [0.05, 0.1) is 0 Å². The number of benzene rings is 2. The zero-order chi connectivity index (χ0) is 15.5. The van der Waals surface area contributed by atoms with E-state index >= 15 is 0 Å². The molecular weight excluding hydrogens is 264 g/mol. The van der Waals surface area contributed by atoms with Crippen LogP contribution in [-0.4, -0.2) is 11.1 Å². The molecule has 2 aromatic rings. The van der Waals surface area contributed by atoms with Gasteiger partial charge in [-0.05, 0) is 35.4 Å². The van der Waals surface area contributed by atoms with Crippen LogP contribution >= 0.6 is 0 Å². The number of esters is 1. The zero-order valence-corrected chi connectivity index (χ0v) is 12.2. The fourth-order valence-corrected chi connectivity index (χ4v) is 2.14. The van der Waals surface area contributed by atoms with Crippen LogP contribution < -0.4 is 4.74 Å². The summed E-state index contributed by atoms with van der Waals surface area (Å²) >= 11 is 0. The number of ether oxygens (including phenoxy) is 1. The van der Waals surface area contributed by atoms with Gasteiger partial charge in [0.15, 0.2) is 0 Å². The lowest BCUT2D eigenvalue weighted by atomic mass is 9.78. The quantitative estimate of drug-likeness (QED) is 0.527. The van der Waals surface area contributed by atoms with E-state index in [1.54, 1.807) is 24.3 Å². The van der Waals surface area contributed by atoms with Gasteiger partial charge >= 0.3 is 5.97 Å². The Hall–Kier alpha value is -2.55. The number of carbonyl (C=O) groups is 1. The number of rotatable bonds is 4. The average Bonchev–Trinajstić information content (AvgIpc) is 2.48. The van der Waals surface area contributed by atoms with Crippen molar-refractivity contribution >= 4 is 5.97 Å². The highest BCUT2D eigenvalue weighted by Gasteiger charge is 2.23. The van der Waals surface area contributed by atoms with Crippen molar-refractivity contribution in [3.8, 4) is 11.5 Å². The molecule has 0 aliphatic heterocycles. The zero-order valence-electron chi connectivity index (χ0n) is 12.2. The Kier molecular flexibility index (Phi) is 4.13. The van der Waals surface area contributed by atoms with E-state index in [0.717, 1.165) is 17.2 Å². The maximum Gasteiger partial charge on any atom is 0.335 e. The van der Waals surface area contributed by atoms with Crippen LogP contribution in [0.1, 0.15) is 25.0 Å². The highest BCUT2D eigenvalue weighted by molar-refractivity contribution is 5.83. The fraction of sp³-hybridized carbons (Fsp3) is 0.167. The molecule has 1 N–H and O–H groups in total. The molecule has 0 saturated carbocycles. The minimum Gasteiger partial charge on any atom is -0.508 e. The number of phenolic OH excluding ortho intramolecular Hbond substituents is 1. The number of phenols is 1. The van der Waals surface area contributed by atoms with Gasteiger partial charge in [0.25, 0.3) is 0 Å². The van der Waals surface area contributed by atoms with E-state index in [4.69, 9.17) is 4.74 Å². The van der Waals surface area contributed by atoms with Crippen LogP contribution in [0.2, 0.25) is 0 Å². The summed E-state index contributed by atoms with van der Waals surface area (Å²) < 4.78 is 5.06. The van der Waals surface area contributed by atoms with Crippen LogP contribution in [0.4, 0.5) is 0 Å². The molecule has 2 rings (SSSR count). The Bertz CT molecular complexity index is 637. The van der Waals surface area contributed by atoms with E-state index in [1.165, 1.54) is 0 Å². The lowest BCUT2D eigenvalue weighted by Crippen LogP contribution is -2.18. The van der Waals surface area contributed by atoms with E-state index in [0.29, 0.717) is 5.75 Å². The molecule has 3 heteroatoms. The summed E-state index contributed by atoms with van der Waals surface area (Å²) in [5, 5.41) is 9.38. The third kappa shape index (κ3) is 3.31. The summed E-state index contributed by atoms with van der Waals surface area (Å²) in [6.45, 7) is 7.57. The SMILES string of the molecule is C=CC(=O)Oc1ccc(C(C)(C)c2ccc(O)cc2)cc1. The van der Waals surface area contributed by atoms with Crippen molar-refractivity contribution in [2.45, 2.75) is 19.3 Å². The van der Waals surface area contributed by atoms with E-state index in [9.17, 15) is 9.90 Å². The Morgan fingerprint density at radius 1 is 1.05 bits per heavy atom. The van der Waals surface area contributed by atoms with Gasteiger partial charge in [-0.15, -0.1) is 0 Å². The van der Waals surface area contributed by atoms with E-state index in [1.807, 2.05) is 24.3 Å². The average molecular weight is 282 g/mol. The summed E-state index contributed by atoms with van der Waals surface area (Å²) in [4.78, 5) is 11.2. The van der Waals surface area contributed by atoms with Crippen LogP contribution in [0.3, 0.4) is 0 Å². The first kappa shape index (κ1) is 14.9. The summed E-state index contributed by atoms with van der Waals surface area (Å²) in [5.41, 5.74) is 1.97. The van der Waals surface area contributed by atoms with Crippen molar-refractivity contribution in [3.63, 3.8) is 0 Å². The molecular formula is C18H18O3. The maximum absolute atomic E-state index is 11.2. The second kappa shape index (κ2) is 5.83. The second-order valence-electron chi connectivity index (χ2n) is 5.32. The molecule has 0 bridgehead atoms. The number of hydrogen-bond acceptors (Lipinski definition) is 3. The number of carbonyl (C=O) groups excluding carboxylic acids is 1. The van der Waals surface area contributed by atoms with Crippen LogP contribution in [0, 0.1) is 0 Å². The second-order valence-corrected chi connectivity index (χ2v) is 5.32. The number of aromatic hydroxyl groups is 1. The minimum atomic E-state index is -0.472. The molecule has 21 heavy (non-hydrogen) atoms. The van der Waals surface area contributed by atoms with Crippen molar-refractivity contribution in [3.05, 3.63) is 72.3 Å². The van der Waals surface area contributed by atoms with E-state index in [2.05, 4.69) is 20.4 Å². The molecule has 0 saturated heterocycles. The van der Waals surface area contributed by atoms with Crippen LogP contribution in [0.5, 0.6) is 11.5 Å². The van der Waals surface area contributed by atoms with Crippen molar-refractivity contribution in [1.82, 2.24) is 0 Å². The Balaban J connectivity index is 2.26. The first-order chi connectivity index (χ1) is 9.93. The number of hydrogen-bond donors (Lipinski definition) is 1. The van der Waals surface area contributed by atoms with Crippen molar-refractivity contribution < 1.29 is 14.6 Å². The Morgan fingerprint density at radius 2 is 1.52 bits per heavy atom. The van der Waals surface area contributed by atoms with Gasteiger partial charge < -0.3 is 9.84 Å². The van der Waals surface area contributed by atoms with Gasteiger partial charge in [-0.3, -0.25) is 0 Å². The molecule has 0 heterocycles. The maximum atomic E-state index is 11.2. The fourth-order valence-electron chi connectivity index (χ4n) is 2.14. The molecule has 3 nitrogen and oxygen atoms in total. The Morgan fingerprint density at radius 3 is 2.00 bits per heavy atom. The summed E-state index contributed by atoms with van der Waals surface area (Å²) in [6, 6.07) is 14.5. The first-order valence-corrected chi connectivity index (χ1v) is 6.68. The Labute approximate surface area is 124 Å².